The van der Waals surface area contributed by atoms with E-state index < -0.39 is 58.7 Å². The highest BCUT2D eigenvalue weighted by molar-refractivity contribution is 7.85. The van der Waals surface area contributed by atoms with Crippen molar-refractivity contribution in [1.29, 1.82) is 0 Å². The van der Waals surface area contributed by atoms with Crippen molar-refractivity contribution in [3.8, 4) is 0 Å². The first-order valence-corrected chi connectivity index (χ1v) is 23.4. The Balaban J connectivity index is 1.42. The van der Waals surface area contributed by atoms with Crippen LogP contribution in [0.25, 0.3) is 0 Å². The van der Waals surface area contributed by atoms with E-state index in [9.17, 15) is 60.3 Å². The van der Waals surface area contributed by atoms with Crippen LogP contribution in [0.5, 0.6) is 0 Å². The number of amides is 1. The average molecular weight is 859 g/mol. The number of benzene rings is 2. The lowest BCUT2D eigenvalue weighted by Crippen LogP contribution is -2.31. The topological polar surface area (TPSA) is 262 Å². The fourth-order valence-corrected chi connectivity index (χ4v) is 10.3. The molecule has 2 aromatic rings. The maximum absolute atomic E-state index is 12.4. The first kappa shape index (κ1) is 45.6. The highest BCUT2D eigenvalue weighted by Crippen LogP contribution is 2.69. The van der Waals surface area contributed by atoms with Gasteiger partial charge in [0.05, 0.1) is 15.2 Å². The minimum atomic E-state index is -5.57. The van der Waals surface area contributed by atoms with Crippen LogP contribution >= 0.6 is 15.2 Å². The molecule has 2 aliphatic rings. The van der Waals surface area contributed by atoms with Crippen molar-refractivity contribution in [1.82, 2.24) is 5.32 Å². The van der Waals surface area contributed by atoms with Gasteiger partial charge in [0.2, 0.25) is 11.6 Å². The molecular weight excluding hydrogens is 808 g/mol. The molecule has 0 saturated carbocycles. The van der Waals surface area contributed by atoms with Crippen LogP contribution in [-0.4, -0.2) is 87.8 Å². The predicted octanol–water partition coefficient (Wildman–Crippen LogP) is 4.77. The summed E-state index contributed by atoms with van der Waals surface area (Å²) in [5, 5.41) is 8.99. The summed E-state index contributed by atoms with van der Waals surface area (Å²) >= 11 is -2.17. The Morgan fingerprint density at radius 3 is 2.20 bits per heavy atom. The third-order valence-electron chi connectivity index (χ3n) is 10.3. The fraction of sp³-hybridized carbons (Fsp3) is 0.444. The van der Waals surface area contributed by atoms with Crippen LogP contribution in [0.2, 0.25) is 0 Å². The van der Waals surface area contributed by atoms with Crippen LogP contribution in [0.3, 0.4) is 0 Å². The lowest BCUT2D eigenvalue weighted by atomic mass is 9.81. The van der Waals surface area contributed by atoms with Crippen molar-refractivity contribution in [3.63, 3.8) is 0 Å². The molecule has 1 amide bonds. The van der Waals surface area contributed by atoms with Gasteiger partial charge in [-0.25, -0.2) is 4.21 Å². The van der Waals surface area contributed by atoms with Gasteiger partial charge in [0.15, 0.2) is 16.8 Å². The van der Waals surface area contributed by atoms with Crippen LogP contribution in [-0.2, 0) is 46.0 Å². The second kappa shape index (κ2) is 17.0. The van der Waals surface area contributed by atoms with E-state index in [1.54, 1.807) is 18.2 Å². The molecule has 2 aromatic carbocycles. The van der Waals surface area contributed by atoms with Gasteiger partial charge < -0.3 is 39.4 Å². The standard InChI is InChI=1S/C36H49N3O13P2S2/c1-34(2)28-24-26(56(50,51)52)17-19-29(28)38(5)31(34)13-8-6-9-14-32-35(3,4)27-23-25(55(48)49)16-18-30(27)39(32)22-11-7-10-15-33(40)37-21-12-20-36(41,53(42,43)44)54(45,46)47/h6,8-9,13-14,16-19,23-24,41H,7,10-12,15,20-22H2,1-5H3,(H6-,37,40,42,43,44,45,46,47,48,49,50,51,52)/p+1. The summed E-state index contributed by atoms with van der Waals surface area (Å²) in [5.74, 6) is -0.367. The smallest absolute Gasteiger partial charge is 0.368 e. The molecule has 0 spiro atoms. The number of nitrogens with one attached hydrogen (secondary N) is 1. The average Bonchev–Trinajstić information content (AvgIpc) is 3.41. The van der Waals surface area contributed by atoms with E-state index >= 15 is 0 Å². The van der Waals surface area contributed by atoms with E-state index in [1.807, 2.05) is 75.8 Å². The van der Waals surface area contributed by atoms with Gasteiger partial charge in [-0.1, -0.05) is 38.5 Å². The SMILES string of the molecule is C[N+]1=C(C=CC=CC=C2N(CCCCCC(=O)NCCCC(O)(P(=O)(O)O)P(=O)(O)O)c3ccc(S(=O)O)cc3C2(C)C)C(C)(C)c2cc(S(=O)(=O)O)ccc21. The number of anilines is 1. The lowest BCUT2D eigenvalue weighted by Gasteiger charge is -2.29. The third-order valence-corrected chi connectivity index (χ3v) is 15.7. The zero-order chi connectivity index (χ0) is 42.1. The minimum absolute atomic E-state index is 0.130. The molecular formula is C36H50N3O13P2S2+. The number of unbranched alkanes of at least 4 members (excludes halogenated alkanes) is 2. The van der Waals surface area contributed by atoms with Gasteiger partial charge in [0, 0.05) is 60.4 Å². The van der Waals surface area contributed by atoms with Crippen molar-refractivity contribution >= 4 is 59.4 Å². The molecule has 0 bridgehead atoms. The monoisotopic (exact) mass is 858 g/mol. The summed E-state index contributed by atoms with van der Waals surface area (Å²) in [4.78, 5) is 51.7. The molecule has 308 valence electrons. The molecule has 20 heteroatoms. The molecule has 1 atom stereocenters. The molecule has 16 nitrogen and oxygen atoms in total. The van der Waals surface area contributed by atoms with E-state index in [1.165, 1.54) is 12.1 Å². The van der Waals surface area contributed by atoms with Crippen LogP contribution < -0.4 is 10.2 Å². The summed E-state index contributed by atoms with van der Waals surface area (Å²) in [6.07, 6.45) is 10.3. The summed E-state index contributed by atoms with van der Waals surface area (Å²) < 4.78 is 79.9. The molecule has 0 fully saturated rings. The zero-order valence-electron chi connectivity index (χ0n) is 31.7. The molecule has 56 heavy (non-hydrogen) atoms. The number of nitrogens with zero attached hydrogens (tertiary/aromatic N) is 2. The highest BCUT2D eigenvalue weighted by Gasteiger charge is 2.58. The van der Waals surface area contributed by atoms with Crippen molar-refractivity contribution < 1.29 is 64.9 Å². The number of allylic oxidation sites excluding steroid dienone is 6. The fourth-order valence-electron chi connectivity index (χ4n) is 7.17. The Hall–Kier alpha value is -3.12. The molecule has 1 unspecified atom stereocenters. The van der Waals surface area contributed by atoms with Crippen LogP contribution in [0.1, 0.15) is 77.3 Å². The Kier molecular flexibility index (Phi) is 13.8. The van der Waals surface area contributed by atoms with E-state index in [4.69, 9.17) is 0 Å². The number of aliphatic hydroxyl groups is 1. The van der Waals surface area contributed by atoms with E-state index in [0.717, 1.165) is 33.9 Å². The van der Waals surface area contributed by atoms with E-state index in [2.05, 4.69) is 10.2 Å². The molecule has 8 N–H and O–H groups in total. The highest BCUT2D eigenvalue weighted by atomic mass is 32.2. The first-order chi connectivity index (χ1) is 25.7. The largest absolute Gasteiger partial charge is 0.369 e. The van der Waals surface area contributed by atoms with Crippen molar-refractivity contribution in [2.24, 2.45) is 0 Å². The second-order valence-corrected chi connectivity index (χ2v) is 21.3. The van der Waals surface area contributed by atoms with Crippen molar-refractivity contribution in [3.05, 3.63) is 83.6 Å². The summed E-state index contributed by atoms with van der Waals surface area (Å²) in [7, 11) is -13.6. The molecule has 2 heterocycles. The van der Waals surface area contributed by atoms with Gasteiger partial charge in [-0.2, -0.15) is 13.0 Å². The minimum Gasteiger partial charge on any atom is -0.368 e. The van der Waals surface area contributed by atoms with Gasteiger partial charge in [0.25, 0.3) is 15.2 Å². The maximum atomic E-state index is 12.4. The molecule has 4 rings (SSSR count). The maximum Gasteiger partial charge on any atom is 0.369 e. The summed E-state index contributed by atoms with van der Waals surface area (Å²) in [6, 6.07) is 9.69. The predicted molar refractivity (Wildman–Crippen MR) is 212 cm³/mol. The van der Waals surface area contributed by atoms with Gasteiger partial charge >= 0.3 is 15.2 Å². The molecule has 0 saturated heterocycles. The van der Waals surface area contributed by atoms with Gasteiger partial charge in [0.1, 0.15) is 7.05 Å². The van der Waals surface area contributed by atoms with Gasteiger partial charge in [-0.05, 0) is 75.1 Å². The lowest BCUT2D eigenvalue weighted by molar-refractivity contribution is -0.401. The molecule has 0 aromatic heterocycles. The normalized spacial score (nSPS) is 18.3. The van der Waals surface area contributed by atoms with Gasteiger partial charge in [-0.15, -0.1) is 0 Å². The van der Waals surface area contributed by atoms with Crippen LogP contribution in [0, 0.1) is 0 Å². The molecule has 0 aliphatic carbocycles. The van der Waals surface area contributed by atoms with E-state index in [-0.39, 0.29) is 35.1 Å². The summed E-state index contributed by atoms with van der Waals surface area (Å²) in [5.41, 5.74) is 4.11. The number of carbonyl (C=O) groups is 1. The molecule has 0 radical (unpaired) electrons. The summed E-state index contributed by atoms with van der Waals surface area (Å²) in [6.45, 7) is 8.42. The number of hydrogen-bond donors (Lipinski definition) is 8. The quantitative estimate of drug-likeness (QED) is 0.0266. The number of hydrogen-bond acceptors (Lipinski definition) is 8. The number of carbonyl (C=O) groups excluding carboxylic acids is 1. The Morgan fingerprint density at radius 1 is 0.929 bits per heavy atom. The second-order valence-electron chi connectivity index (χ2n) is 14.9. The van der Waals surface area contributed by atoms with Crippen LogP contribution in [0.4, 0.5) is 11.4 Å². The zero-order valence-corrected chi connectivity index (χ0v) is 35.1. The molecule has 2 aliphatic heterocycles. The number of fused-ring (bicyclic) bond motifs is 2. The van der Waals surface area contributed by atoms with Gasteiger partial charge in [-0.3, -0.25) is 18.5 Å². The first-order valence-electron chi connectivity index (χ1n) is 17.7. The van der Waals surface area contributed by atoms with Crippen LogP contribution in [0.15, 0.2) is 82.3 Å². The van der Waals surface area contributed by atoms with Crippen molar-refractivity contribution in [2.45, 2.75) is 91.9 Å². The number of rotatable bonds is 17. The third kappa shape index (κ3) is 9.59. The van der Waals surface area contributed by atoms with E-state index in [0.29, 0.717) is 25.8 Å². The Labute approximate surface area is 329 Å². The Bertz CT molecular complexity index is 2200. The Morgan fingerprint density at radius 2 is 1.59 bits per heavy atom. The van der Waals surface area contributed by atoms with Crippen molar-refractivity contribution in [2.75, 3.05) is 25.0 Å².